The van der Waals surface area contributed by atoms with E-state index in [4.69, 9.17) is 4.74 Å². The lowest BCUT2D eigenvalue weighted by molar-refractivity contribution is -0.135. The van der Waals surface area contributed by atoms with Gasteiger partial charge in [0.15, 0.2) is 6.61 Å². The molecule has 3 aromatic rings. The van der Waals surface area contributed by atoms with Crippen molar-refractivity contribution in [2.24, 2.45) is 0 Å². The van der Waals surface area contributed by atoms with Gasteiger partial charge in [0.25, 0.3) is 11.8 Å². The zero-order valence-electron chi connectivity index (χ0n) is 18.2. The molecule has 0 atom stereocenters. The molecule has 0 spiro atoms. The van der Waals surface area contributed by atoms with Crippen molar-refractivity contribution in [1.82, 2.24) is 9.80 Å². The number of piperazine rings is 1. The molecule has 6 nitrogen and oxygen atoms in total. The van der Waals surface area contributed by atoms with Gasteiger partial charge < -0.3 is 15.0 Å². The molecule has 0 unspecified atom stereocenters. The molecule has 1 aliphatic rings. The summed E-state index contributed by atoms with van der Waals surface area (Å²) in [5.41, 5.74) is 2.49. The second-order valence-electron chi connectivity index (χ2n) is 7.92. The zero-order valence-corrected chi connectivity index (χ0v) is 18.2. The molecule has 33 heavy (non-hydrogen) atoms. The largest absolute Gasteiger partial charge is 0.484 e. The Hall–Kier alpha value is -3.71. The molecule has 3 aromatic carbocycles. The molecule has 1 aliphatic heterocycles. The average Bonchev–Trinajstić information content (AvgIpc) is 2.85. The van der Waals surface area contributed by atoms with Crippen molar-refractivity contribution in [1.29, 1.82) is 0 Å². The number of carbonyl (C=O) groups excluding carboxylic acids is 2. The zero-order chi connectivity index (χ0) is 23.0. The molecule has 0 bridgehead atoms. The molecule has 1 heterocycles. The van der Waals surface area contributed by atoms with Gasteiger partial charge >= 0.3 is 0 Å². The minimum atomic E-state index is -0.338. The summed E-state index contributed by atoms with van der Waals surface area (Å²) < 4.78 is 18.4. The van der Waals surface area contributed by atoms with E-state index < -0.39 is 0 Å². The molecule has 0 saturated carbocycles. The van der Waals surface area contributed by atoms with E-state index in [-0.39, 0.29) is 24.2 Å². The van der Waals surface area contributed by atoms with E-state index in [1.54, 1.807) is 4.90 Å². The highest BCUT2D eigenvalue weighted by Gasteiger charge is 2.21. The topological polar surface area (TPSA) is 61.9 Å². The van der Waals surface area contributed by atoms with Crippen LogP contribution in [0.5, 0.6) is 5.75 Å². The Labute approximate surface area is 192 Å². The number of nitrogens with one attached hydrogen (secondary N) is 1. The van der Waals surface area contributed by atoms with Crippen molar-refractivity contribution < 1.29 is 18.7 Å². The molecule has 0 aliphatic carbocycles. The van der Waals surface area contributed by atoms with Gasteiger partial charge in [-0.15, -0.1) is 0 Å². The number of ether oxygens (including phenoxy) is 1. The Morgan fingerprint density at radius 1 is 0.848 bits per heavy atom. The van der Waals surface area contributed by atoms with E-state index in [1.807, 2.05) is 54.6 Å². The second-order valence-corrected chi connectivity index (χ2v) is 7.92. The van der Waals surface area contributed by atoms with E-state index in [2.05, 4.69) is 10.2 Å². The first-order chi connectivity index (χ1) is 16.1. The number of hydrogen-bond acceptors (Lipinski definition) is 4. The van der Waals surface area contributed by atoms with Crippen LogP contribution in [0.1, 0.15) is 15.9 Å². The van der Waals surface area contributed by atoms with Gasteiger partial charge in [0, 0.05) is 44.0 Å². The summed E-state index contributed by atoms with van der Waals surface area (Å²) in [5, 5.41) is 2.88. The number of amides is 2. The lowest BCUT2D eigenvalue weighted by atomic mass is 10.1. The summed E-state index contributed by atoms with van der Waals surface area (Å²) >= 11 is 0. The number of para-hydroxylation sites is 1. The van der Waals surface area contributed by atoms with Gasteiger partial charge in [-0.1, -0.05) is 30.3 Å². The number of halogens is 1. The van der Waals surface area contributed by atoms with Crippen LogP contribution in [0.3, 0.4) is 0 Å². The third-order valence-electron chi connectivity index (χ3n) is 5.55. The average molecular weight is 448 g/mol. The van der Waals surface area contributed by atoms with Crippen molar-refractivity contribution in [2.45, 2.75) is 6.54 Å². The van der Waals surface area contributed by atoms with Crippen LogP contribution in [0.2, 0.25) is 0 Å². The maximum atomic E-state index is 13.0. The Bertz CT molecular complexity index is 1060. The van der Waals surface area contributed by atoms with Crippen LogP contribution in [-0.4, -0.2) is 54.4 Å². The summed E-state index contributed by atoms with van der Waals surface area (Å²) in [4.78, 5) is 28.9. The van der Waals surface area contributed by atoms with Crippen LogP contribution in [0.4, 0.5) is 10.1 Å². The van der Waals surface area contributed by atoms with Crippen LogP contribution in [-0.2, 0) is 11.3 Å². The van der Waals surface area contributed by atoms with Crippen molar-refractivity contribution in [2.75, 3.05) is 38.1 Å². The van der Waals surface area contributed by atoms with Crippen molar-refractivity contribution >= 4 is 17.5 Å². The van der Waals surface area contributed by atoms with Crippen LogP contribution in [0.25, 0.3) is 0 Å². The lowest BCUT2D eigenvalue weighted by Crippen LogP contribution is -2.49. The van der Waals surface area contributed by atoms with E-state index in [0.717, 1.165) is 30.9 Å². The number of benzene rings is 3. The SMILES string of the molecule is O=C(Nc1ccccc1)c1ccc(CN2CCN(C(=O)COc3ccc(F)cc3)CC2)cc1. The molecular formula is C26H26FN3O3. The van der Waals surface area contributed by atoms with Crippen molar-refractivity contribution in [3.8, 4) is 5.75 Å². The fourth-order valence-corrected chi connectivity index (χ4v) is 3.67. The first-order valence-corrected chi connectivity index (χ1v) is 10.9. The second kappa shape index (κ2) is 10.7. The van der Waals surface area contributed by atoms with E-state index in [1.165, 1.54) is 24.3 Å². The summed E-state index contributed by atoms with van der Waals surface area (Å²) in [7, 11) is 0. The molecular weight excluding hydrogens is 421 g/mol. The monoisotopic (exact) mass is 447 g/mol. The molecule has 2 amide bonds. The molecule has 0 radical (unpaired) electrons. The number of hydrogen-bond donors (Lipinski definition) is 1. The molecule has 1 saturated heterocycles. The highest BCUT2D eigenvalue weighted by molar-refractivity contribution is 6.04. The first-order valence-electron chi connectivity index (χ1n) is 10.9. The van der Waals surface area contributed by atoms with Crippen molar-refractivity contribution in [3.63, 3.8) is 0 Å². The third kappa shape index (κ3) is 6.40. The smallest absolute Gasteiger partial charge is 0.260 e. The molecule has 7 heteroatoms. The van der Waals surface area contributed by atoms with Gasteiger partial charge in [-0.05, 0) is 54.1 Å². The fraction of sp³-hybridized carbons (Fsp3) is 0.231. The molecule has 170 valence electrons. The molecule has 4 rings (SSSR count). The minimum Gasteiger partial charge on any atom is -0.484 e. The first kappa shape index (κ1) is 22.5. The van der Waals surface area contributed by atoms with Crippen LogP contribution < -0.4 is 10.1 Å². The maximum Gasteiger partial charge on any atom is 0.260 e. The highest BCUT2D eigenvalue weighted by atomic mass is 19.1. The summed E-state index contributed by atoms with van der Waals surface area (Å²) in [6, 6.07) is 22.6. The van der Waals surface area contributed by atoms with Crippen LogP contribution >= 0.6 is 0 Å². The van der Waals surface area contributed by atoms with Gasteiger partial charge in [0.2, 0.25) is 0 Å². The van der Waals surface area contributed by atoms with Gasteiger partial charge in [-0.3, -0.25) is 14.5 Å². The molecule has 1 N–H and O–H groups in total. The normalized spacial score (nSPS) is 14.0. The lowest BCUT2D eigenvalue weighted by Gasteiger charge is -2.34. The van der Waals surface area contributed by atoms with E-state index in [0.29, 0.717) is 24.4 Å². The predicted molar refractivity (Wildman–Crippen MR) is 125 cm³/mol. The molecule has 1 fully saturated rings. The predicted octanol–water partition coefficient (Wildman–Crippen LogP) is 3.80. The maximum absolute atomic E-state index is 13.0. The standard InChI is InChI=1S/C26H26FN3O3/c27-22-10-12-24(13-11-22)33-19-25(31)30-16-14-29(15-17-30)18-20-6-8-21(9-7-20)26(32)28-23-4-2-1-3-5-23/h1-13H,14-19H2,(H,28,32). The van der Waals surface area contributed by atoms with Gasteiger partial charge in [0.05, 0.1) is 0 Å². The van der Waals surface area contributed by atoms with E-state index >= 15 is 0 Å². The number of nitrogens with zero attached hydrogens (tertiary/aromatic N) is 2. The summed E-state index contributed by atoms with van der Waals surface area (Å²) in [5.74, 6) is -0.0744. The number of anilines is 1. The minimum absolute atomic E-state index is 0.0574. The number of carbonyl (C=O) groups is 2. The van der Waals surface area contributed by atoms with Gasteiger partial charge in [0.1, 0.15) is 11.6 Å². The van der Waals surface area contributed by atoms with E-state index in [9.17, 15) is 14.0 Å². The fourth-order valence-electron chi connectivity index (χ4n) is 3.67. The van der Waals surface area contributed by atoms with Crippen LogP contribution in [0.15, 0.2) is 78.9 Å². The number of rotatable bonds is 7. The molecule has 0 aromatic heterocycles. The Balaban J connectivity index is 1.21. The Morgan fingerprint density at radius 2 is 1.52 bits per heavy atom. The van der Waals surface area contributed by atoms with Gasteiger partial charge in [-0.2, -0.15) is 0 Å². The quantitative estimate of drug-likeness (QED) is 0.599. The Kier molecular flexibility index (Phi) is 7.32. The summed E-state index contributed by atoms with van der Waals surface area (Å²) in [6.07, 6.45) is 0. The van der Waals surface area contributed by atoms with Crippen molar-refractivity contribution in [3.05, 3.63) is 95.8 Å². The third-order valence-corrected chi connectivity index (χ3v) is 5.55. The van der Waals surface area contributed by atoms with Crippen LogP contribution in [0, 0.1) is 5.82 Å². The Morgan fingerprint density at radius 3 is 2.18 bits per heavy atom. The summed E-state index contributed by atoms with van der Waals surface area (Å²) in [6.45, 7) is 3.48. The highest BCUT2D eigenvalue weighted by Crippen LogP contribution is 2.14. The van der Waals surface area contributed by atoms with Gasteiger partial charge in [-0.25, -0.2) is 4.39 Å².